The van der Waals surface area contributed by atoms with Crippen LogP contribution in [-0.4, -0.2) is 50.5 Å². The van der Waals surface area contributed by atoms with Crippen molar-refractivity contribution in [1.29, 1.82) is 0 Å². The van der Waals surface area contributed by atoms with Crippen LogP contribution in [0.5, 0.6) is 0 Å². The largest absolute Gasteiger partial charge is 0.478 e. The van der Waals surface area contributed by atoms with Crippen LogP contribution in [0.3, 0.4) is 0 Å². The van der Waals surface area contributed by atoms with Gasteiger partial charge < -0.3 is 19.9 Å². The lowest BCUT2D eigenvalue weighted by atomic mass is 10.1. The molecular weight excluding hydrogens is 274 g/mol. The number of rotatable bonds is 10. The number of ether oxygens (including phenoxy) is 2. The summed E-state index contributed by atoms with van der Waals surface area (Å²) in [6.45, 7) is 2.26. The van der Waals surface area contributed by atoms with E-state index in [9.17, 15) is 9.59 Å². The van der Waals surface area contributed by atoms with Crippen LogP contribution in [0.15, 0.2) is 24.3 Å². The third-order valence-electron chi connectivity index (χ3n) is 2.78. The number of carbonyl (C=O) groups excluding carboxylic acids is 1. The SMILES string of the molecule is COCCOCCCNC(=O)Cc1ccc(C(=O)O)cc1. The highest BCUT2D eigenvalue weighted by Gasteiger charge is 2.05. The molecule has 1 aromatic rings. The molecule has 0 atom stereocenters. The van der Waals surface area contributed by atoms with E-state index in [2.05, 4.69) is 5.32 Å². The highest BCUT2D eigenvalue weighted by atomic mass is 16.5. The van der Waals surface area contributed by atoms with Gasteiger partial charge in [0, 0.05) is 20.3 Å². The average Bonchev–Trinajstić information content (AvgIpc) is 2.47. The summed E-state index contributed by atoms with van der Waals surface area (Å²) in [6.07, 6.45) is 0.984. The zero-order valence-corrected chi connectivity index (χ0v) is 12.1. The van der Waals surface area contributed by atoms with E-state index in [0.717, 1.165) is 12.0 Å². The minimum atomic E-state index is -0.973. The van der Waals surface area contributed by atoms with Crippen LogP contribution in [0.2, 0.25) is 0 Å². The first-order valence-corrected chi connectivity index (χ1v) is 6.79. The van der Waals surface area contributed by atoms with Crippen molar-refractivity contribution in [2.45, 2.75) is 12.8 Å². The first-order valence-electron chi connectivity index (χ1n) is 6.79. The molecule has 0 saturated carbocycles. The van der Waals surface area contributed by atoms with Crippen molar-refractivity contribution in [3.05, 3.63) is 35.4 Å². The number of carbonyl (C=O) groups is 2. The van der Waals surface area contributed by atoms with Gasteiger partial charge in [-0.1, -0.05) is 12.1 Å². The molecule has 2 N–H and O–H groups in total. The van der Waals surface area contributed by atoms with Crippen LogP contribution < -0.4 is 5.32 Å². The van der Waals surface area contributed by atoms with Gasteiger partial charge in [0.05, 0.1) is 25.2 Å². The summed E-state index contributed by atoms with van der Waals surface area (Å²) in [5.74, 6) is -1.06. The average molecular weight is 295 g/mol. The van der Waals surface area contributed by atoms with Crippen molar-refractivity contribution in [1.82, 2.24) is 5.32 Å². The summed E-state index contributed by atoms with van der Waals surface area (Å²) >= 11 is 0. The number of hydrogen-bond acceptors (Lipinski definition) is 4. The fourth-order valence-corrected chi connectivity index (χ4v) is 1.66. The number of benzene rings is 1. The molecule has 6 heteroatoms. The Morgan fingerprint density at radius 2 is 1.86 bits per heavy atom. The van der Waals surface area contributed by atoms with E-state index in [1.807, 2.05) is 0 Å². The quantitative estimate of drug-likeness (QED) is 0.631. The van der Waals surface area contributed by atoms with Gasteiger partial charge in [0.1, 0.15) is 0 Å². The normalized spacial score (nSPS) is 10.3. The van der Waals surface area contributed by atoms with Gasteiger partial charge in [-0.25, -0.2) is 4.79 Å². The zero-order chi connectivity index (χ0) is 15.5. The smallest absolute Gasteiger partial charge is 0.335 e. The Morgan fingerprint density at radius 1 is 1.14 bits per heavy atom. The lowest BCUT2D eigenvalue weighted by Crippen LogP contribution is -2.27. The van der Waals surface area contributed by atoms with Crippen LogP contribution in [-0.2, 0) is 20.7 Å². The standard InChI is InChI=1S/C15H21NO5/c1-20-9-10-21-8-2-7-16-14(17)11-12-3-5-13(6-4-12)15(18)19/h3-6H,2,7-11H2,1H3,(H,16,17)(H,18,19). The minimum Gasteiger partial charge on any atom is -0.478 e. The topological polar surface area (TPSA) is 84.9 Å². The molecule has 0 fully saturated rings. The Bertz CT molecular complexity index is 444. The predicted octanol–water partition coefficient (Wildman–Crippen LogP) is 1.10. The van der Waals surface area contributed by atoms with Gasteiger partial charge in [-0.2, -0.15) is 0 Å². The highest BCUT2D eigenvalue weighted by Crippen LogP contribution is 2.05. The first kappa shape index (κ1) is 17.1. The maximum atomic E-state index is 11.7. The van der Waals surface area contributed by atoms with Crippen LogP contribution >= 0.6 is 0 Å². The van der Waals surface area contributed by atoms with Crippen molar-refractivity contribution in [2.24, 2.45) is 0 Å². The molecule has 0 heterocycles. The van der Waals surface area contributed by atoms with Gasteiger partial charge in [0.15, 0.2) is 0 Å². The summed E-state index contributed by atoms with van der Waals surface area (Å²) in [4.78, 5) is 22.4. The van der Waals surface area contributed by atoms with Crippen molar-refractivity contribution < 1.29 is 24.2 Å². The van der Waals surface area contributed by atoms with E-state index in [1.54, 1.807) is 19.2 Å². The molecule has 0 aliphatic carbocycles. The Labute approximate surface area is 124 Å². The molecule has 0 aliphatic heterocycles. The third-order valence-corrected chi connectivity index (χ3v) is 2.78. The molecule has 21 heavy (non-hydrogen) atoms. The second-order valence-electron chi connectivity index (χ2n) is 4.49. The fraction of sp³-hybridized carbons (Fsp3) is 0.467. The van der Waals surface area contributed by atoms with Gasteiger partial charge in [0.25, 0.3) is 0 Å². The predicted molar refractivity (Wildman–Crippen MR) is 77.4 cm³/mol. The Hall–Kier alpha value is -1.92. The summed E-state index contributed by atoms with van der Waals surface area (Å²) in [7, 11) is 1.62. The molecule has 0 bridgehead atoms. The van der Waals surface area contributed by atoms with E-state index in [1.165, 1.54) is 12.1 Å². The fourth-order valence-electron chi connectivity index (χ4n) is 1.66. The number of amides is 1. The molecule has 1 aromatic carbocycles. The molecule has 1 rings (SSSR count). The van der Waals surface area contributed by atoms with Gasteiger partial charge in [0.2, 0.25) is 5.91 Å². The Kier molecular flexibility index (Phi) is 8.08. The van der Waals surface area contributed by atoms with Crippen molar-refractivity contribution in [3.63, 3.8) is 0 Å². The van der Waals surface area contributed by atoms with Crippen molar-refractivity contribution in [2.75, 3.05) is 33.5 Å². The number of methoxy groups -OCH3 is 1. The maximum absolute atomic E-state index is 11.7. The van der Waals surface area contributed by atoms with Crippen LogP contribution in [0, 0.1) is 0 Å². The lowest BCUT2D eigenvalue weighted by molar-refractivity contribution is -0.120. The van der Waals surface area contributed by atoms with E-state index in [-0.39, 0.29) is 17.9 Å². The van der Waals surface area contributed by atoms with Gasteiger partial charge in [-0.3, -0.25) is 4.79 Å². The van der Waals surface area contributed by atoms with Crippen LogP contribution in [0.25, 0.3) is 0 Å². The Morgan fingerprint density at radius 3 is 2.48 bits per heavy atom. The lowest BCUT2D eigenvalue weighted by Gasteiger charge is -2.06. The van der Waals surface area contributed by atoms with Gasteiger partial charge in [-0.15, -0.1) is 0 Å². The molecular formula is C15H21NO5. The number of hydrogen-bond donors (Lipinski definition) is 2. The van der Waals surface area contributed by atoms with Gasteiger partial charge >= 0.3 is 5.97 Å². The number of nitrogens with one attached hydrogen (secondary N) is 1. The summed E-state index contributed by atoms with van der Waals surface area (Å²) in [5.41, 5.74) is 1.00. The Balaban J connectivity index is 2.17. The molecule has 0 spiro atoms. The van der Waals surface area contributed by atoms with E-state index >= 15 is 0 Å². The zero-order valence-electron chi connectivity index (χ0n) is 12.1. The third kappa shape index (κ3) is 7.43. The van der Waals surface area contributed by atoms with Crippen molar-refractivity contribution in [3.8, 4) is 0 Å². The van der Waals surface area contributed by atoms with Gasteiger partial charge in [-0.05, 0) is 24.1 Å². The minimum absolute atomic E-state index is 0.0880. The second-order valence-corrected chi connectivity index (χ2v) is 4.49. The second kappa shape index (κ2) is 9.90. The van der Waals surface area contributed by atoms with Crippen LogP contribution in [0.1, 0.15) is 22.3 Å². The van der Waals surface area contributed by atoms with E-state index in [4.69, 9.17) is 14.6 Å². The summed E-state index contributed by atoms with van der Waals surface area (Å²) in [5, 5.41) is 11.6. The molecule has 0 aromatic heterocycles. The summed E-state index contributed by atoms with van der Waals surface area (Å²) < 4.78 is 10.1. The molecule has 0 aliphatic rings. The molecule has 0 radical (unpaired) electrons. The molecule has 1 amide bonds. The van der Waals surface area contributed by atoms with E-state index < -0.39 is 5.97 Å². The molecule has 6 nitrogen and oxygen atoms in total. The van der Waals surface area contributed by atoms with Crippen molar-refractivity contribution >= 4 is 11.9 Å². The molecule has 0 unspecified atom stereocenters. The highest BCUT2D eigenvalue weighted by molar-refractivity contribution is 5.87. The first-order chi connectivity index (χ1) is 10.1. The van der Waals surface area contributed by atoms with E-state index in [0.29, 0.717) is 26.4 Å². The monoisotopic (exact) mass is 295 g/mol. The number of aromatic carboxylic acids is 1. The van der Waals surface area contributed by atoms with Crippen LogP contribution in [0.4, 0.5) is 0 Å². The molecule has 116 valence electrons. The number of carboxylic acids is 1. The summed E-state index contributed by atoms with van der Waals surface area (Å²) in [6, 6.07) is 6.29. The number of carboxylic acid groups (broad SMARTS) is 1. The molecule has 0 saturated heterocycles. The maximum Gasteiger partial charge on any atom is 0.335 e.